The van der Waals surface area contributed by atoms with Crippen molar-refractivity contribution in [3.05, 3.63) is 93.4 Å². The minimum atomic E-state index is -4.20. The third-order valence-corrected chi connectivity index (χ3v) is 9.64. The highest BCUT2D eigenvalue weighted by atomic mass is 35.5. The van der Waals surface area contributed by atoms with Crippen LogP contribution < -0.4 is 9.62 Å². The Balaban J connectivity index is 1.70. The molecule has 4 rings (SSSR count). The first-order valence-corrected chi connectivity index (χ1v) is 15.5. The van der Waals surface area contributed by atoms with Gasteiger partial charge < -0.3 is 10.2 Å². The van der Waals surface area contributed by atoms with Gasteiger partial charge in [0.1, 0.15) is 12.6 Å². The lowest BCUT2D eigenvalue weighted by molar-refractivity contribution is -0.139. The predicted octanol–water partition coefficient (Wildman–Crippen LogP) is 6.32. The summed E-state index contributed by atoms with van der Waals surface area (Å²) in [7, 11) is -4.20. The van der Waals surface area contributed by atoms with Crippen molar-refractivity contribution >= 4 is 62.3 Å². The molecule has 40 heavy (non-hydrogen) atoms. The molecule has 0 saturated heterocycles. The van der Waals surface area contributed by atoms with Crippen LogP contribution in [0.15, 0.2) is 77.7 Å². The molecule has 1 N–H and O–H groups in total. The van der Waals surface area contributed by atoms with Crippen LogP contribution in [-0.4, -0.2) is 43.8 Å². The number of anilines is 1. The number of sulfonamides is 1. The van der Waals surface area contributed by atoms with Crippen molar-refractivity contribution in [2.45, 2.75) is 56.1 Å². The molecule has 3 aromatic rings. The zero-order chi connectivity index (χ0) is 28.9. The maximum absolute atomic E-state index is 14.0. The van der Waals surface area contributed by atoms with E-state index in [1.54, 1.807) is 61.5 Å². The molecule has 1 saturated carbocycles. The fraction of sp³-hybridized carbons (Fsp3) is 0.310. The molecule has 0 spiro atoms. The number of nitrogens with one attached hydrogen (secondary N) is 1. The topological polar surface area (TPSA) is 86.8 Å². The van der Waals surface area contributed by atoms with Gasteiger partial charge in [0.15, 0.2) is 0 Å². The number of para-hydroxylation sites is 1. The molecule has 7 nitrogen and oxygen atoms in total. The SMILES string of the molecule is CC(C(=O)NC1CCCC1)N(Cc1ccc(Cl)cc1Cl)C(=O)CN(c1ccccc1Cl)S(=O)(=O)c1ccccc1. The molecule has 3 aromatic carbocycles. The van der Waals surface area contributed by atoms with Crippen molar-refractivity contribution in [3.63, 3.8) is 0 Å². The first-order chi connectivity index (χ1) is 19.1. The van der Waals surface area contributed by atoms with Crippen LogP contribution in [0.1, 0.15) is 38.2 Å². The summed E-state index contributed by atoms with van der Waals surface area (Å²) in [6, 6.07) is 18.2. The van der Waals surface area contributed by atoms with Gasteiger partial charge in [-0.05, 0) is 61.7 Å². The highest BCUT2D eigenvalue weighted by Gasteiger charge is 2.34. The van der Waals surface area contributed by atoms with Crippen LogP contribution in [0.3, 0.4) is 0 Å². The molecule has 0 radical (unpaired) electrons. The Labute approximate surface area is 250 Å². The Hall–Kier alpha value is -2.78. The molecule has 1 unspecified atom stereocenters. The number of rotatable bonds is 10. The monoisotopic (exact) mass is 621 g/mol. The molecule has 1 aliphatic carbocycles. The lowest BCUT2D eigenvalue weighted by atomic mass is 10.1. The van der Waals surface area contributed by atoms with Crippen LogP contribution in [0.2, 0.25) is 15.1 Å². The molecule has 212 valence electrons. The molecule has 0 aromatic heterocycles. The number of carbonyl (C=O) groups is 2. The maximum atomic E-state index is 14.0. The molecule has 0 heterocycles. The summed E-state index contributed by atoms with van der Waals surface area (Å²) in [6.45, 7) is 1.00. The summed E-state index contributed by atoms with van der Waals surface area (Å²) in [5.41, 5.74) is 0.712. The second-order valence-corrected chi connectivity index (χ2v) is 12.8. The van der Waals surface area contributed by atoms with Crippen molar-refractivity contribution in [2.75, 3.05) is 10.8 Å². The number of nitrogens with zero attached hydrogens (tertiary/aromatic N) is 2. The molecular formula is C29H30Cl3N3O4S. The third kappa shape index (κ3) is 7.10. The average molecular weight is 623 g/mol. The highest BCUT2D eigenvalue weighted by Crippen LogP contribution is 2.31. The minimum Gasteiger partial charge on any atom is -0.352 e. The lowest BCUT2D eigenvalue weighted by Gasteiger charge is -2.33. The highest BCUT2D eigenvalue weighted by molar-refractivity contribution is 7.92. The van der Waals surface area contributed by atoms with Crippen LogP contribution in [-0.2, 0) is 26.2 Å². The fourth-order valence-electron chi connectivity index (χ4n) is 4.69. The van der Waals surface area contributed by atoms with Crippen molar-refractivity contribution in [3.8, 4) is 0 Å². The van der Waals surface area contributed by atoms with Gasteiger partial charge in [0.25, 0.3) is 10.0 Å². The van der Waals surface area contributed by atoms with Gasteiger partial charge >= 0.3 is 0 Å². The van der Waals surface area contributed by atoms with Crippen LogP contribution >= 0.6 is 34.8 Å². The normalized spacial score (nSPS) is 14.5. The van der Waals surface area contributed by atoms with Gasteiger partial charge in [-0.25, -0.2) is 8.42 Å². The van der Waals surface area contributed by atoms with Crippen molar-refractivity contribution in [1.82, 2.24) is 10.2 Å². The Kier molecular flexibility index (Phi) is 10.0. The van der Waals surface area contributed by atoms with E-state index in [2.05, 4.69) is 5.32 Å². The summed E-state index contributed by atoms with van der Waals surface area (Å²) < 4.78 is 28.6. The minimum absolute atomic E-state index is 0.00189. The first-order valence-electron chi connectivity index (χ1n) is 12.9. The Morgan fingerprint density at radius 2 is 1.57 bits per heavy atom. The van der Waals surface area contributed by atoms with E-state index in [1.165, 1.54) is 23.1 Å². The summed E-state index contributed by atoms with van der Waals surface area (Å²) >= 11 is 18.9. The molecule has 2 amide bonds. The van der Waals surface area contributed by atoms with Crippen LogP contribution in [0.5, 0.6) is 0 Å². The van der Waals surface area contributed by atoms with Crippen LogP contribution in [0.4, 0.5) is 5.69 Å². The second kappa shape index (κ2) is 13.3. The van der Waals surface area contributed by atoms with Gasteiger partial charge in [-0.1, -0.05) is 84.0 Å². The Morgan fingerprint density at radius 1 is 0.925 bits per heavy atom. The van der Waals surface area contributed by atoms with Gasteiger partial charge in [0.05, 0.1) is 15.6 Å². The molecule has 0 aliphatic heterocycles. The Morgan fingerprint density at radius 3 is 2.23 bits per heavy atom. The number of halogens is 3. The van der Waals surface area contributed by atoms with Gasteiger partial charge in [-0.3, -0.25) is 13.9 Å². The van der Waals surface area contributed by atoms with Crippen molar-refractivity contribution in [1.29, 1.82) is 0 Å². The summed E-state index contributed by atoms with van der Waals surface area (Å²) in [5, 5.41) is 3.95. The van der Waals surface area contributed by atoms with Gasteiger partial charge in [-0.15, -0.1) is 0 Å². The van der Waals surface area contributed by atoms with E-state index in [1.807, 2.05) is 0 Å². The van der Waals surface area contributed by atoms with E-state index in [0.29, 0.717) is 15.6 Å². The van der Waals surface area contributed by atoms with E-state index >= 15 is 0 Å². The number of carbonyl (C=O) groups excluding carboxylic acids is 2. The quantitative estimate of drug-likeness (QED) is 0.287. The lowest BCUT2D eigenvalue weighted by Crippen LogP contribution is -2.52. The predicted molar refractivity (Wildman–Crippen MR) is 159 cm³/mol. The molecule has 0 bridgehead atoms. The third-order valence-electron chi connectivity index (χ3n) is 6.96. The largest absolute Gasteiger partial charge is 0.352 e. The molecular weight excluding hydrogens is 593 g/mol. The number of amides is 2. The summed E-state index contributed by atoms with van der Waals surface area (Å²) in [5.74, 6) is -0.917. The standard InChI is InChI=1S/C29H30Cl3N3O4S/c1-20(29(37)33-23-9-5-6-10-23)34(18-21-15-16-22(30)17-26(21)32)28(36)19-35(27-14-8-7-13-25(27)31)40(38,39)24-11-3-2-4-12-24/h2-4,7-8,11-17,20,23H,5-6,9-10,18-19H2,1H3,(H,33,37). The van der Waals surface area contributed by atoms with E-state index in [4.69, 9.17) is 34.8 Å². The molecule has 1 atom stereocenters. The fourth-order valence-corrected chi connectivity index (χ4v) is 6.91. The smallest absolute Gasteiger partial charge is 0.264 e. The molecule has 1 fully saturated rings. The molecule has 11 heteroatoms. The number of hydrogen-bond acceptors (Lipinski definition) is 4. The Bertz CT molecular complexity index is 1460. The van der Waals surface area contributed by atoms with Crippen molar-refractivity contribution in [2.24, 2.45) is 0 Å². The van der Waals surface area contributed by atoms with Gasteiger partial charge in [-0.2, -0.15) is 0 Å². The number of benzene rings is 3. The van der Waals surface area contributed by atoms with E-state index < -0.39 is 28.5 Å². The van der Waals surface area contributed by atoms with E-state index in [-0.39, 0.29) is 34.1 Å². The number of hydrogen-bond donors (Lipinski definition) is 1. The maximum Gasteiger partial charge on any atom is 0.264 e. The second-order valence-electron chi connectivity index (χ2n) is 9.70. The van der Waals surface area contributed by atoms with Gasteiger partial charge in [0, 0.05) is 22.6 Å². The van der Waals surface area contributed by atoms with E-state index in [9.17, 15) is 18.0 Å². The van der Waals surface area contributed by atoms with Crippen LogP contribution in [0.25, 0.3) is 0 Å². The van der Waals surface area contributed by atoms with Gasteiger partial charge in [0.2, 0.25) is 11.8 Å². The average Bonchev–Trinajstić information content (AvgIpc) is 3.45. The van der Waals surface area contributed by atoms with Crippen LogP contribution in [0, 0.1) is 0 Å². The zero-order valence-corrected chi connectivity index (χ0v) is 25.0. The summed E-state index contributed by atoms with van der Waals surface area (Å²) in [4.78, 5) is 28.6. The van der Waals surface area contributed by atoms with Crippen molar-refractivity contribution < 1.29 is 18.0 Å². The zero-order valence-electron chi connectivity index (χ0n) is 21.9. The van der Waals surface area contributed by atoms with E-state index in [0.717, 1.165) is 30.0 Å². The first kappa shape index (κ1) is 30.2. The molecule has 1 aliphatic rings. The summed E-state index contributed by atoms with van der Waals surface area (Å²) in [6.07, 6.45) is 3.83.